The van der Waals surface area contributed by atoms with Gasteiger partial charge in [0.2, 0.25) is 0 Å². The van der Waals surface area contributed by atoms with Crippen LogP contribution in [-0.2, 0) is 0 Å². The molecule has 0 unspecified atom stereocenters. The topological polar surface area (TPSA) is 66.0 Å². The largest absolute Gasteiger partial charge is 0.477 e. The highest BCUT2D eigenvalue weighted by molar-refractivity contribution is 9.10. The van der Waals surface area contributed by atoms with Crippen molar-refractivity contribution in [1.29, 1.82) is 0 Å². The van der Waals surface area contributed by atoms with Crippen LogP contribution in [0.5, 0.6) is 0 Å². The Morgan fingerprint density at radius 2 is 2.38 bits per heavy atom. The van der Waals surface area contributed by atoms with Crippen molar-refractivity contribution in [1.82, 2.24) is 9.97 Å². The Morgan fingerprint density at radius 1 is 1.62 bits per heavy atom. The number of aromatic carboxylic acids is 1. The number of H-pyrrole nitrogens is 1. The number of hydrogen-bond acceptors (Lipinski definition) is 2. The Kier molecular flexibility index (Phi) is 1.81. The van der Waals surface area contributed by atoms with Gasteiger partial charge >= 0.3 is 5.97 Å². The van der Waals surface area contributed by atoms with E-state index in [9.17, 15) is 4.79 Å². The fraction of sp³-hybridized carbons (Fsp3) is 0. The number of nitrogens with one attached hydrogen (secondary N) is 1. The van der Waals surface area contributed by atoms with Crippen LogP contribution in [0.4, 0.5) is 0 Å². The Hall–Kier alpha value is -1.36. The third kappa shape index (κ3) is 1.31. The fourth-order valence-corrected chi connectivity index (χ4v) is 1.66. The molecule has 5 heteroatoms. The molecule has 2 N–H and O–H groups in total. The average Bonchev–Trinajstić information content (AvgIpc) is 2.51. The first-order valence-corrected chi connectivity index (χ1v) is 4.34. The Bertz CT molecular complexity index is 478. The van der Waals surface area contributed by atoms with E-state index in [0.29, 0.717) is 4.60 Å². The second-order valence-corrected chi connectivity index (χ2v) is 3.29. The number of halogens is 1. The number of pyridine rings is 1. The van der Waals surface area contributed by atoms with E-state index in [4.69, 9.17) is 5.11 Å². The van der Waals surface area contributed by atoms with Crippen molar-refractivity contribution in [2.45, 2.75) is 0 Å². The van der Waals surface area contributed by atoms with Gasteiger partial charge in [-0.15, -0.1) is 0 Å². The highest BCUT2D eigenvalue weighted by Gasteiger charge is 2.09. The zero-order valence-corrected chi connectivity index (χ0v) is 8.00. The minimum atomic E-state index is -1.03. The smallest absolute Gasteiger partial charge is 0.354 e. The molecular weight excluding hydrogens is 236 g/mol. The Balaban J connectivity index is 2.77. The first-order valence-electron chi connectivity index (χ1n) is 3.55. The van der Waals surface area contributed by atoms with Gasteiger partial charge in [-0.05, 0) is 28.1 Å². The number of fused-ring (bicyclic) bond motifs is 1. The number of aromatic nitrogens is 2. The second kappa shape index (κ2) is 2.85. The summed E-state index contributed by atoms with van der Waals surface area (Å²) in [4.78, 5) is 17.4. The minimum Gasteiger partial charge on any atom is -0.477 e. The molecule has 0 atom stereocenters. The van der Waals surface area contributed by atoms with E-state index >= 15 is 0 Å². The van der Waals surface area contributed by atoms with Crippen LogP contribution in [0.1, 0.15) is 10.5 Å². The van der Waals surface area contributed by atoms with Crippen LogP contribution in [-0.4, -0.2) is 21.0 Å². The maximum atomic E-state index is 10.6. The first kappa shape index (κ1) is 8.25. The number of aromatic amines is 1. The molecule has 2 rings (SSSR count). The van der Waals surface area contributed by atoms with Gasteiger partial charge in [0, 0.05) is 11.6 Å². The van der Waals surface area contributed by atoms with Crippen LogP contribution in [0.15, 0.2) is 22.9 Å². The van der Waals surface area contributed by atoms with Crippen molar-refractivity contribution < 1.29 is 9.90 Å². The molecule has 0 aliphatic carbocycles. The van der Waals surface area contributed by atoms with Crippen LogP contribution in [0, 0.1) is 0 Å². The molecule has 0 aromatic carbocycles. The van der Waals surface area contributed by atoms with Crippen molar-refractivity contribution in [3.05, 3.63) is 28.6 Å². The van der Waals surface area contributed by atoms with Crippen LogP contribution in [0.3, 0.4) is 0 Å². The van der Waals surface area contributed by atoms with Gasteiger partial charge in [-0.1, -0.05) is 0 Å². The van der Waals surface area contributed by atoms with Gasteiger partial charge in [0.25, 0.3) is 0 Å². The summed E-state index contributed by atoms with van der Waals surface area (Å²) in [7, 11) is 0. The summed E-state index contributed by atoms with van der Waals surface area (Å²) in [5, 5.41) is 9.59. The van der Waals surface area contributed by atoms with Crippen LogP contribution < -0.4 is 0 Å². The summed E-state index contributed by atoms with van der Waals surface area (Å²) >= 11 is 3.20. The molecule has 2 aromatic rings. The summed E-state index contributed by atoms with van der Waals surface area (Å²) in [5.41, 5.74) is 0.793. The lowest BCUT2D eigenvalue weighted by Gasteiger charge is -1.96. The van der Waals surface area contributed by atoms with Crippen LogP contribution >= 0.6 is 15.9 Å². The quantitative estimate of drug-likeness (QED) is 0.750. The number of nitrogens with zero attached hydrogens (tertiary/aromatic N) is 1. The Labute approximate surface area is 81.7 Å². The van der Waals surface area contributed by atoms with Crippen molar-refractivity contribution in [2.75, 3.05) is 0 Å². The zero-order chi connectivity index (χ0) is 9.42. The van der Waals surface area contributed by atoms with E-state index in [2.05, 4.69) is 25.9 Å². The first-order chi connectivity index (χ1) is 6.18. The maximum Gasteiger partial charge on any atom is 0.354 e. The number of hydrogen-bond donors (Lipinski definition) is 2. The molecule has 0 aliphatic heterocycles. The summed E-state index contributed by atoms with van der Waals surface area (Å²) in [5.74, 6) is -1.03. The molecule has 2 aromatic heterocycles. The molecular formula is C8H5BrN2O2. The van der Waals surface area contributed by atoms with E-state index in [1.54, 1.807) is 6.20 Å². The summed E-state index contributed by atoms with van der Waals surface area (Å²) < 4.78 is 0.545. The van der Waals surface area contributed by atoms with E-state index in [1.807, 2.05) is 6.07 Å². The molecule has 0 bridgehead atoms. The van der Waals surface area contributed by atoms with Crippen molar-refractivity contribution in [2.24, 2.45) is 0 Å². The monoisotopic (exact) mass is 240 g/mol. The van der Waals surface area contributed by atoms with Crippen molar-refractivity contribution in [3.8, 4) is 0 Å². The lowest BCUT2D eigenvalue weighted by Crippen LogP contribution is -2.00. The van der Waals surface area contributed by atoms with Gasteiger partial charge in [-0.3, -0.25) is 0 Å². The van der Waals surface area contributed by atoms with Gasteiger partial charge in [-0.2, -0.15) is 0 Å². The molecule has 4 nitrogen and oxygen atoms in total. The lowest BCUT2D eigenvalue weighted by atomic mass is 10.3. The van der Waals surface area contributed by atoms with Crippen LogP contribution in [0.25, 0.3) is 10.9 Å². The minimum absolute atomic E-state index is 0.0295. The summed E-state index contributed by atoms with van der Waals surface area (Å²) in [6, 6.07) is 3.33. The molecule has 0 amide bonds. The van der Waals surface area contributed by atoms with Crippen molar-refractivity contribution in [3.63, 3.8) is 0 Å². The molecule has 0 aliphatic rings. The maximum absolute atomic E-state index is 10.6. The summed E-state index contributed by atoms with van der Waals surface area (Å²) in [6.07, 6.45) is 1.74. The number of carboxylic acids is 1. The molecule has 0 fully saturated rings. The third-order valence-electron chi connectivity index (χ3n) is 1.72. The van der Waals surface area contributed by atoms with Crippen molar-refractivity contribution >= 4 is 32.8 Å². The fourth-order valence-electron chi connectivity index (χ4n) is 1.13. The molecule has 0 spiro atoms. The lowest BCUT2D eigenvalue weighted by molar-refractivity contribution is 0.0690. The van der Waals surface area contributed by atoms with E-state index < -0.39 is 5.97 Å². The molecule has 0 radical (unpaired) electrons. The molecule has 0 saturated heterocycles. The Morgan fingerprint density at radius 3 is 3.08 bits per heavy atom. The normalized spacial score (nSPS) is 10.5. The van der Waals surface area contributed by atoms with Crippen LogP contribution in [0.2, 0.25) is 0 Å². The van der Waals surface area contributed by atoms with E-state index in [1.165, 1.54) is 6.07 Å². The predicted octanol–water partition coefficient (Wildman–Crippen LogP) is 2.02. The van der Waals surface area contributed by atoms with E-state index in [-0.39, 0.29) is 5.69 Å². The molecule has 2 heterocycles. The zero-order valence-electron chi connectivity index (χ0n) is 6.41. The van der Waals surface area contributed by atoms with Gasteiger partial charge in [0.15, 0.2) is 5.69 Å². The van der Waals surface area contributed by atoms with Gasteiger partial charge in [-0.25, -0.2) is 9.78 Å². The SMILES string of the molecule is O=C(O)c1cc2[nH]ccc2c(Br)n1. The summed E-state index contributed by atoms with van der Waals surface area (Å²) in [6.45, 7) is 0. The van der Waals surface area contributed by atoms with Gasteiger partial charge < -0.3 is 10.1 Å². The van der Waals surface area contributed by atoms with E-state index in [0.717, 1.165) is 10.9 Å². The number of rotatable bonds is 1. The number of carboxylic acid groups (broad SMARTS) is 1. The number of carbonyl (C=O) groups is 1. The average molecular weight is 241 g/mol. The second-order valence-electron chi connectivity index (χ2n) is 2.54. The van der Waals surface area contributed by atoms with Gasteiger partial charge in [0.05, 0.1) is 5.52 Å². The highest BCUT2D eigenvalue weighted by Crippen LogP contribution is 2.21. The standard InChI is InChI=1S/C8H5BrN2O2/c9-7-4-1-2-10-5(4)3-6(11-7)8(12)13/h1-3,10H,(H,12,13). The van der Waals surface area contributed by atoms with Gasteiger partial charge in [0.1, 0.15) is 4.60 Å². The highest BCUT2D eigenvalue weighted by atomic mass is 79.9. The molecule has 0 saturated carbocycles. The molecule has 66 valence electrons. The third-order valence-corrected chi connectivity index (χ3v) is 2.32. The molecule has 13 heavy (non-hydrogen) atoms. The predicted molar refractivity (Wildman–Crippen MR) is 50.8 cm³/mol.